The number of hydrogen-bond acceptors (Lipinski definition) is 4. The summed E-state index contributed by atoms with van der Waals surface area (Å²) in [5, 5.41) is 16.1. The van der Waals surface area contributed by atoms with Crippen LogP contribution in [-0.4, -0.2) is 38.1 Å². The Morgan fingerprint density at radius 2 is 1.90 bits per heavy atom. The van der Waals surface area contributed by atoms with Crippen LogP contribution in [0.4, 0.5) is 4.79 Å². The lowest BCUT2D eigenvalue weighted by Gasteiger charge is -2.28. The first-order chi connectivity index (χ1) is 9.43. The van der Waals surface area contributed by atoms with E-state index in [2.05, 4.69) is 10.4 Å². The molecule has 0 bridgehead atoms. The summed E-state index contributed by atoms with van der Waals surface area (Å²) in [6, 6.07) is 1.84. The van der Waals surface area contributed by atoms with Gasteiger partial charge in [0.2, 0.25) is 0 Å². The summed E-state index contributed by atoms with van der Waals surface area (Å²) in [6.45, 7) is 10.2. The van der Waals surface area contributed by atoms with Gasteiger partial charge >= 0.3 is 12.1 Å². The standard InChI is InChI=1S/C14H23N3O4/c1-9-7-10(2)17(16-9)8-14(6,11(18)19)15-12(20)21-13(3,4)5/h7H,8H2,1-6H3,(H,15,20)(H,18,19). The molecule has 2 N–H and O–H groups in total. The summed E-state index contributed by atoms with van der Waals surface area (Å²) >= 11 is 0. The number of carbonyl (C=O) groups excluding carboxylic acids is 1. The van der Waals surface area contributed by atoms with Gasteiger partial charge in [-0.1, -0.05) is 0 Å². The Balaban J connectivity index is 2.91. The zero-order valence-corrected chi connectivity index (χ0v) is 13.4. The third-order valence-electron chi connectivity index (χ3n) is 2.82. The molecule has 1 aromatic heterocycles. The third kappa shape index (κ3) is 4.77. The Hall–Kier alpha value is -2.05. The summed E-state index contributed by atoms with van der Waals surface area (Å²) in [5.41, 5.74) is -0.587. The molecule has 0 spiro atoms. The predicted molar refractivity (Wildman–Crippen MR) is 77.1 cm³/mol. The minimum absolute atomic E-state index is 0.0151. The van der Waals surface area contributed by atoms with Gasteiger partial charge in [0.1, 0.15) is 5.60 Å². The number of alkyl carbamates (subject to hydrolysis) is 1. The molecule has 0 saturated carbocycles. The molecule has 1 amide bonds. The van der Waals surface area contributed by atoms with E-state index in [-0.39, 0.29) is 6.54 Å². The molecule has 1 heterocycles. The van der Waals surface area contributed by atoms with Crippen molar-refractivity contribution in [3.63, 3.8) is 0 Å². The quantitative estimate of drug-likeness (QED) is 0.885. The van der Waals surface area contributed by atoms with Gasteiger partial charge in [0.05, 0.1) is 12.2 Å². The zero-order chi connectivity index (χ0) is 16.4. The number of amides is 1. The molecule has 1 unspecified atom stereocenters. The van der Waals surface area contributed by atoms with Gasteiger partial charge in [0, 0.05) is 5.69 Å². The summed E-state index contributed by atoms with van der Waals surface area (Å²) < 4.78 is 6.67. The molecule has 0 aliphatic heterocycles. The Labute approximate surface area is 124 Å². The highest BCUT2D eigenvalue weighted by atomic mass is 16.6. The van der Waals surface area contributed by atoms with Gasteiger partial charge < -0.3 is 15.2 Å². The highest BCUT2D eigenvalue weighted by Gasteiger charge is 2.37. The molecular formula is C14H23N3O4. The second kappa shape index (κ2) is 5.75. The van der Waals surface area contributed by atoms with Crippen molar-refractivity contribution in [3.05, 3.63) is 17.5 Å². The van der Waals surface area contributed by atoms with Crippen LogP contribution in [0.5, 0.6) is 0 Å². The van der Waals surface area contributed by atoms with Crippen LogP contribution in [0, 0.1) is 13.8 Å². The van der Waals surface area contributed by atoms with Crippen LogP contribution in [0.1, 0.15) is 39.1 Å². The van der Waals surface area contributed by atoms with Crippen LogP contribution >= 0.6 is 0 Å². The minimum Gasteiger partial charge on any atom is -0.479 e. The SMILES string of the molecule is Cc1cc(C)n(CC(C)(NC(=O)OC(C)(C)C)C(=O)O)n1. The van der Waals surface area contributed by atoms with Crippen molar-refractivity contribution in [3.8, 4) is 0 Å². The van der Waals surface area contributed by atoms with Gasteiger partial charge in [0.25, 0.3) is 0 Å². The number of carboxylic acid groups (broad SMARTS) is 1. The maximum absolute atomic E-state index is 11.8. The van der Waals surface area contributed by atoms with Crippen molar-refractivity contribution in [2.24, 2.45) is 0 Å². The maximum atomic E-state index is 11.8. The second-order valence-corrected chi connectivity index (χ2v) is 6.35. The molecule has 1 aromatic rings. The number of carboxylic acids is 1. The topological polar surface area (TPSA) is 93.5 Å². The number of nitrogens with one attached hydrogen (secondary N) is 1. The number of aliphatic carboxylic acids is 1. The van der Waals surface area contributed by atoms with Gasteiger partial charge in [-0.2, -0.15) is 5.10 Å². The molecule has 0 fully saturated rings. The Bertz CT molecular complexity index is 545. The van der Waals surface area contributed by atoms with Gasteiger partial charge in [-0.25, -0.2) is 9.59 Å². The van der Waals surface area contributed by atoms with Crippen LogP contribution in [-0.2, 0) is 16.1 Å². The van der Waals surface area contributed by atoms with Crippen LogP contribution < -0.4 is 5.32 Å². The molecule has 21 heavy (non-hydrogen) atoms. The molecule has 7 nitrogen and oxygen atoms in total. The molecule has 0 aliphatic carbocycles. The monoisotopic (exact) mass is 297 g/mol. The second-order valence-electron chi connectivity index (χ2n) is 6.35. The van der Waals surface area contributed by atoms with Gasteiger partial charge in [-0.05, 0) is 47.6 Å². The van der Waals surface area contributed by atoms with E-state index in [0.717, 1.165) is 11.4 Å². The third-order valence-corrected chi connectivity index (χ3v) is 2.82. The Morgan fingerprint density at radius 3 is 2.29 bits per heavy atom. The van der Waals surface area contributed by atoms with Crippen LogP contribution in [0.3, 0.4) is 0 Å². The molecule has 118 valence electrons. The van der Waals surface area contributed by atoms with Crippen molar-refractivity contribution < 1.29 is 19.4 Å². The van der Waals surface area contributed by atoms with Crippen molar-refractivity contribution in [2.75, 3.05) is 0 Å². The van der Waals surface area contributed by atoms with E-state index < -0.39 is 23.2 Å². The molecule has 0 saturated heterocycles. The summed E-state index contributed by atoms with van der Waals surface area (Å²) in [4.78, 5) is 23.4. The van der Waals surface area contributed by atoms with Crippen molar-refractivity contribution >= 4 is 12.1 Å². The normalized spacial score (nSPS) is 14.4. The maximum Gasteiger partial charge on any atom is 0.408 e. The fourth-order valence-electron chi connectivity index (χ4n) is 1.82. The van der Waals surface area contributed by atoms with E-state index in [1.807, 2.05) is 19.9 Å². The first-order valence-corrected chi connectivity index (χ1v) is 6.68. The largest absolute Gasteiger partial charge is 0.479 e. The smallest absolute Gasteiger partial charge is 0.408 e. The lowest BCUT2D eigenvalue weighted by atomic mass is 10.0. The van der Waals surface area contributed by atoms with Crippen molar-refractivity contribution in [2.45, 2.75) is 59.2 Å². The molecular weight excluding hydrogens is 274 g/mol. The van der Waals surface area contributed by atoms with Gasteiger partial charge in [0.15, 0.2) is 5.54 Å². The zero-order valence-electron chi connectivity index (χ0n) is 13.4. The lowest BCUT2D eigenvalue weighted by molar-refractivity contribution is -0.144. The number of nitrogens with zero attached hydrogens (tertiary/aromatic N) is 2. The predicted octanol–water partition coefficient (Wildman–Crippen LogP) is 1.87. The van der Waals surface area contributed by atoms with E-state index in [9.17, 15) is 14.7 Å². The number of aromatic nitrogens is 2. The average Bonchev–Trinajstić information content (AvgIpc) is 2.53. The number of aryl methyl sites for hydroxylation is 2. The van der Waals surface area contributed by atoms with Crippen molar-refractivity contribution in [1.82, 2.24) is 15.1 Å². The first kappa shape index (κ1) is 17.0. The lowest BCUT2D eigenvalue weighted by Crippen LogP contribution is -2.56. The van der Waals surface area contributed by atoms with Gasteiger partial charge in [-0.15, -0.1) is 0 Å². The van der Waals surface area contributed by atoms with E-state index in [4.69, 9.17) is 4.74 Å². The molecule has 0 aliphatic rings. The fourth-order valence-corrected chi connectivity index (χ4v) is 1.82. The van der Waals surface area contributed by atoms with E-state index in [1.54, 1.807) is 25.5 Å². The van der Waals surface area contributed by atoms with E-state index >= 15 is 0 Å². The van der Waals surface area contributed by atoms with Crippen molar-refractivity contribution in [1.29, 1.82) is 0 Å². The highest BCUT2D eigenvalue weighted by molar-refractivity contribution is 5.83. The van der Waals surface area contributed by atoms with Crippen LogP contribution in [0.2, 0.25) is 0 Å². The summed E-state index contributed by atoms with van der Waals surface area (Å²) in [5.74, 6) is -1.15. The molecule has 1 rings (SSSR count). The fraction of sp³-hybridized carbons (Fsp3) is 0.643. The Morgan fingerprint density at radius 1 is 1.33 bits per heavy atom. The molecule has 0 aromatic carbocycles. The van der Waals surface area contributed by atoms with E-state index in [1.165, 1.54) is 6.92 Å². The molecule has 7 heteroatoms. The minimum atomic E-state index is -1.51. The highest BCUT2D eigenvalue weighted by Crippen LogP contribution is 2.14. The number of carbonyl (C=O) groups is 2. The van der Waals surface area contributed by atoms with Gasteiger partial charge in [-0.3, -0.25) is 4.68 Å². The Kier molecular flexibility index (Phi) is 4.65. The van der Waals surface area contributed by atoms with Crippen LogP contribution in [0.25, 0.3) is 0 Å². The summed E-state index contributed by atoms with van der Waals surface area (Å²) in [6.07, 6.45) is -0.770. The average molecular weight is 297 g/mol. The number of hydrogen-bond donors (Lipinski definition) is 2. The summed E-state index contributed by atoms with van der Waals surface area (Å²) in [7, 11) is 0. The molecule has 1 atom stereocenters. The molecule has 0 radical (unpaired) electrons. The number of rotatable bonds is 4. The number of ether oxygens (including phenoxy) is 1. The first-order valence-electron chi connectivity index (χ1n) is 6.68. The van der Waals surface area contributed by atoms with E-state index in [0.29, 0.717) is 0 Å². The van der Waals surface area contributed by atoms with Crippen LogP contribution in [0.15, 0.2) is 6.07 Å².